The van der Waals surface area contributed by atoms with Gasteiger partial charge < -0.3 is 126 Å². The number of fused-ring (bicyclic) bond motifs is 3. The number of likely N-dealkylation sites (N-methyl/N-ethyl adjacent to an activating group) is 3. The number of carbonyl (C=O) groups is 18. The van der Waals surface area contributed by atoms with Crippen LogP contribution >= 0.6 is 11.8 Å². The number of aromatic amines is 3. The van der Waals surface area contributed by atoms with Gasteiger partial charge in [-0.15, -0.1) is 11.8 Å². The molecule has 44 nitrogen and oxygen atoms in total. The number of imidazole rings is 1. The maximum Gasteiger partial charge on any atom is 0.246 e. The number of thioether (sulfide) groups is 1. The Balaban J connectivity index is 1.12. The molecule has 3 aromatic heterocycles. The van der Waals surface area contributed by atoms with E-state index in [0.717, 1.165) is 50.6 Å². The highest BCUT2D eigenvalue weighted by atomic mass is 32.2. The van der Waals surface area contributed by atoms with Crippen LogP contribution in [0.3, 0.4) is 0 Å². The van der Waals surface area contributed by atoms with Crippen LogP contribution < -0.4 is 86.3 Å². The number of benzene rings is 3. The molecule has 0 bridgehead atoms. The minimum Gasteiger partial charge on any atom is -0.394 e. The van der Waals surface area contributed by atoms with Crippen LogP contribution in [0.15, 0.2) is 104 Å². The van der Waals surface area contributed by atoms with E-state index in [-0.39, 0.29) is 114 Å². The summed E-state index contributed by atoms with van der Waals surface area (Å²) in [5, 5.41) is 55.5. The largest absolute Gasteiger partial charge is 0.394 e. The Kier molecular flexibility index (Phi) is 43.4. The first-order valence-corrected chi connectivity index (χ1v) is 49.7. The summed E-state index contributed by atoms with van der Waals surface area (Å²) in [4.78, 5) is 284. The monoisotopic (exact) mass is 1990 g/mol. The molecule has 3 aliphatic rings. The van der Waals surface area contributed by atoms with Gasteiger partial charge in [0.15, 0.2) is 5.96 Å². The van der Waals surface area contributed by atoms with Crippen molar-refractivity contribution in [2.75, 3.05) is 65.4 Å². The van der Waals surface area contributed by atoms with Crippen LogP contribution in [0.2, 0.25) is 0 Å². The van der Waals surface area contributed by atoms with E-state index in [1.54, 1.807) is 105 Å². The second-order valence-electron chi connectivity index (χ2n) is 36.9. The molecule has 14 atom stereocenters. The third-order valence-corrected chi connectivity index (χ3v) is 26.8. The van der Waals surface area contributed by atoms with Crippen molar-refractivity contribution in [2.24, 2.45) is 29.0 Å². The molecule has 772 valence electrons. The van der Waals surface area contributed by atoms with Crippen molar-refractivity contribution in [3.63, 3.8) is 0 Å². The van der Waals surface area contributed by atoms with Gasteiger partial charge in [0.2, 0.25) is 106 Å². The van der Waals surface area contributed by atoms with Gasteiger partial charge in [0.1, 0.15) is 84.6 Å². The van der Waals surface area contributed by atoms with Crippen molar-refractivity contribution in [2.45, 2.75) is 260 Å². The molecule has 45 heteroatoms. The summed E-state index contributed by atoms with van der Waals surface area (Å²) in [5.41, 5.74) is 20.0. The van der Waals surface area contributed by atoms with Gasteiger partial charge in [-0.3, -0.25) is 91.7 Å². The lowest BCUT2D eigenvalue weighted by atomic mass is 9.88. The SMILES string of the molecule is CCCC[C@H]1C(=O)N(C)[C@@H](CCCC)C(=O)N[C@@H](CCCNC(=N)N)C(=O)N[C@H](C(=O)NCC(N)=O)CSCC(=O)N[C@@H](Cc2ccccc2)C(=O)N(C)[C@@H](C)C(=O)N[C@@H](CC(N)=O)C(=O)N2CCC[C@H]2C(=O)N[C@@H](Cc2cnc[nH]2)C(=O)N[C@@H](CC(C)C)C(=O)N[C@@H](CCNC(=O)C2CCCCC2)C(=O)N[C@@H](Cc2c[nH]c3ccccc23)C(=O)N[C@@H](CO)C(=O)N[C@@H](Cc2c[nH]c3ccccc23)C(=O)N1C. The molecule has 1 saturated carbocycles. The Bertz CT molecular complexity index is 5380. The third kappa shape index (κ3) is 32.8. The number of rotatable bonds is 30. The highest BCUT2D eigenvalue weighted by Gasteiger charge is 2.45. The van der Waals surface area contributed by atoms with Crippen molar-refractivity contribution in [1.29, 1.82) is 5.41 Å². The van der Waals surface area contributed by atoms with E-state index >= 15 is 52.7 Å². The van der Waals surface area contributed by atoms with E-state index in [9.17, 15) is 38.7 Å². The first-order chi connectivity index (χ1) is 67.9. The molecule has 24 N–H and O–H groups in total. The molecule has 0 radical (unpaired) electrons. The van der Waals surface area contributed by atoms with E-state index in [4.69, 9.17) is 22.6 Å². The number of amides is 18. The fourth-order valence-electron chi connectivity index (χ4n) is 17.7. The zero-order valence-electron chi connectivity index (χ0n) is 81.7. The van der Waals surface area contributed by atoms with Crippen LogP contribution in [0.5, 0.6) is 0 Å². The van der Waals surface area contributed by atoms with E-state index in [1.807, 2.05) is 13.8 Å². The van der Waals surface area contributed by atoms with E-state index in [0.29, 0.717) is 82.7 Å². The Morgan fingerprint density at radius 2 is 1.02 bits per heavy atom. The quantitative estimate of drug-likeness (QED) is 0.0146. The molecular weight excluding hydrogens is 1850 g/mol. The number of guanidine groups is 1. The molecule has 3 aromatic carbocycles. The highest BCUT2D eigenvalue weighted by Crippen LogP contribution is 2.28. The molecule has 9 rings (SSSR count). The molecule has 2 aliphatic heterocycles. The number of nitrogens with zero attached hydrogens (tertiary/aromatic N) is 5. The van der Waals surface area contributed by atoms with Gasteiger partial charge >= 0.3 is 0 Å². The van der Waals surface area contributed by atoms with Crippen molar-refractivity contribution in [1.82, 2.24) is 109 Å². The summed E-state index contributed by atoms with van der Waals surface area (Å²) < 4.78 is 0. The summed E-state index contributed by atoms with van der Waals surface area (Å²) in [7, 11) is 3.96. The average molecular weight is 1990 g/mol. The van der Waals surface area contributed by atoms with E-state index in [2.05, 4.69) is 89.1 Å². The van der Waals surface area contributed by atoms with Gasteiger partial charge in [-0.2, -0.15) is 0 Å². The maximum absolute atomic E-state index is 15.9. The highest BCUT2D eigenvalue weighted by molar-refractivity contribution is 8.00. The molecule has 0 unspecified atom stereocenters. The Hall–Kier alpha value is -14.0. The standard InChI is InChI=1S/C97H139N25O19S/c1-9-11-34-76-91(136)111-66(33-23-38-104-97(100)101)85(130)118-75(84(129)107-50-80(99)125)52-142-53-81(126)109-71(42-57-25-15-13-16-26-57)93(138)119(6)56(5)82(127)115-73(46-79(98)124)95(140)122-40-24-36-77(122)92(137)114-70(45-61-49-102-54-108-61)89(134)112-68(41-55(3)4)87(132)110-67(37-39-103-83(128)58-27-17-14-18-28-58)86(131)113-69(43-59-47-105-64-31-21-19-29-62(59)64)88(133)117-74(51-123)90(135)116-72(44-60-48-106-65-32-22-20-30-63(60)65)94(139)121(8)78(35-12-10-2)96(141)120(76)7/h13,15-16,19-22,25-26,29-32,47-49,54-56,58,66-78,105-106,123H,9-12,14,17-18,23-24,27-28,33-46,50-53H2,1-8H3,(H2,98,124)(H2,99,125)(H,102,108)(H,103,128)(H,107,129)(H,109,126)(H,110,132)(H,111,136)(H,112,134)(H,113,131)(H,114,137)(H,115,127)(H,116,135)(H,117,133)(H,118,130)(H4,100,101,104)/t56-,66-,67-,68-,69-,70-,71-,72-,73-,74-,75-,76-,77-,78-/m0/s1. The molecule has 3 fully saturated rings. The Labute approximate surface area is 828 Å². The number of carbonyl (C=O) groups excluding carboxylic acids is 18. The van der Waals surface area contributed by atoms with E-state index in [1.165, 1.54) is 40.6 Å². The van der Waals surface area contributed by atoms with Crippen molar-refractivity contribution < 1.29 is 91.4 Å². The maximum atomic E-state index is 15.9. The van der Waals surface area contributed by atoms with Crippen LogP contribution in [-0.2, 0) is 112 Å². The molecule has 1 aliphatic carbocycles. The lowest BCUT2D eigenvalue weighted by Gasteiger charge is -2.36. The molecule has 18 amide bonds. The first-order valence-electron chi connectivity index (χ1n) is 48.5. The van der Waals surface area contributed by atoms with Crippen LogP contribution in [-0.4, -0.2) is 307 Å². The predicted molar refractivity (Wildman–Crippen MR) is 528 cm³/mol. The van der Waals surface area contributed by atoms with Gasteiger partial charge in [-0.1, -0.05) is 139 Å². The van der Waals surface area contributed by atoms with Crippen LogP contribution in [0.1, 0.15) is 173 Å². The topological polar surface area (TPSA) is 659 Å². The van der Waals surface area contributed by atoms with Crippen LogP contribution in [0.4, 0.5) is 0 Å². The number of hydrogen-bond acceptors (Lipinski definition) is 22. The average Bonchev–Trinajstić information content (AvgIpc) is 1.55. The molecule has 2 saturated heterocycles. The first kappa shape index (κ1) is 112. The smallest absolute Gasteiger partial charge is 0.246 e. The Morgan fingerprint density at radius 3 is 1.63 bits per heavy atom. The fourth-order valence-corrected chi connectivity index (χ4v) is 18.5. The zero-order valence-corrected chi connectivity index (χ0v) is 82.5. The molecule has 0 spiro atoms. The molecule has 6 aromatic rings. The molecule has 142 heavy (non-hydrogen) atoms. The lowest BCUT2D eigenvalue weighted by Crippen LogP contribution is -2.62. The van der Waals surface area contributed by atoms with Crippen molar-refractivity contribution >= 4 is 146 Å². The van der Waals surface area contributed by atoms with Crippen LogP contribution in [0.25, 0.3) is 21.8 Å². The minimum absolute atomic E-state index is 0.00745. The number of unbranched alkanes of at least 4 members (excludes halogenated alkanes) is 2. The summed E-state index contributed by atoms with van der Waals surface area (Å²) in [5.74, 6) is -18.4. The lowest BCUT2D eigenvalue weighted by molar-refractivity contribution is -0.149. The summed E-state index contributed by atoms with van der Waals surface area (Å²) in [6.07, 6.45) is 9.02. The number of nitrogens with one attached hydrogen (secondary N) is 17. The third-order valence-electron chi connectivity index (χ3n) is 25.7. The molecule has 5 heterocycles. The number of H-pyrrole nitrogens is 3. The number of para-hydroxylation sites is 2. The number of nitrogens with two attached hydrogens (primary N) is 3. The van der Waals surface area contributed by atoms with Gasteiger partial charge in [0.25, 0.3) is 0 Å². The number of aliphatic hydroxyl groups excluding tert-OH is 1. The zero-order chi connectivity index (χ0) is 103. The number of aromatic nitrogens is 4. The number of aliphatic hydroxyl groups is 1. The number of hydrogen-bond donors (Lipinski definition) is 21. The fraction of sp³-hybridized carbons (Fsp3) is 0.546. The molecular formula is C97H139N25O19S. The minimum atomic E-state index is -1.91. The summed E-state index contributed by atoms with van der Waals surface area (Å²) >= 11 is 0.791. The Morgan fingerprint density at radius 1 is 0.493 bits per heavy atom. The second kappa shape index (κ2) is 55.3. The van der Waals surface area contributed by atoms with Crippen LogP contribution in [0, 0.1) is 17.2 Å². The van der Waals surface area contributed by atoms with Crippen molar-refractivity contribution in [3.05, 3.63) is 126 Å². The van der Waals surface area contributed by atoms with E-state index < -0.39 is 222 Å². The van der Waals surface area contributed by atoms with Crippen molar-refractivity contribution in [3.8, 4) is 0 Å². The van der Waals surface area contributed by atoms with Gasteiger partial charge in [0.05, 0.1) is 31.7 Å². The number of primary amides is 2. The summed E-state index contributed by atoms with van der Waals surface area (Å²) in [6, 6.07) is 0.660. The summed E-state index contributed by atoms with van der Waals surface area (Å²) in [6.45, 7) is 6.34. The van der Waals surface area contributed by atoms with Gasteiger partial charge in [-0.25, -0.2) is 4.98 Å². The van der Waals surface area contributed by atoms with Gasteiger partial charge in [-0.05, 0) is 106 Å². The predicted octanol–water partition coefficient (Wildman–Crippen LogP) is -1.02. The van der Waals surface area contributed by atoms with Gasteiger partial charge in [0, 0.05) is 124 Å². The normalized spacial score (nSPS) is 23.9. The second-order valence-corrected chi connectivity index (χ2v) is 37.9.